The quantitative estimate of drug-likeness (QED) is 0.561. The van der Waals surface area contributed by atoms with Gasteiger partial charge in [0.25, 0.3) is 0 Å². The Morgan fingerprint density at radius 2 is 2.38 bits per heavy atom. The Kier molecular flexibility index (Phi) is 3.64. The summed E-state index contributed by atoms with van der Waals surface area (Å²) in [4.78, 5) is 0.436. The molecule has 0 fully saturated rings. The zero-order valence-electron chi connectivity index (χ0n) is 4.55. The lowest BCUT2D eigenvalue weighted by Gasteiger charge is -2.06. The average molecular weight is 148 g/mol. The van der Waals surface area contributed by atoms with E-state index in [4.69, 9.17) is 5.73 Å². The van der Waals surface area contributed by atoms with E-state index in [1.165, 1.54) is 5.49 Å². The van der Waals surface area contributed by atoms with E-state index < -0.39 is 0 Å². The summed E-state index contributed by atoms with van der Waals surface area (Å²) in [6.45, 7) is 1.85. The fourth-order valence-electron chi connectivity index (χ4n) is 0.184. The van der Waals surface area contributed by atoms with Crippen LogP contribution in [0.2, 0.25) is 0 Å². The van der Waals surface area contributed by atoms with Crippen LogP contribution in [0.5, 0.6) is 0 Å². The minimum Gasteiger partial charge on any atom is -0.392 e. The van der Waals surface area contributed by atoms with E-state index in [2.05, 4.69) is 29.8 Å². The van der Waals surface area contributed by atoms with Gasteiger partial charge in [-0.05, 0) is 6.92 Å². The molecule has 0 heterocycles. The molecule has 0 rings (SSSR count). The van der Waals surface area contributed by atoms with Gasteiger partial charge >= 0.3 is 0 Å². The molecule has 0 aliphatic carbocycles. The van der Waals surface area contributed by atoms with E-state index in [1.807, 2.05) is 6.92 Å². The first-order chi connectivity index (χ1) is 3.68. The van der Waals surface area contributed by atoms with E-state index in [0.29, 0.717) is 4.99 Å². The van der Waals surface area contributed by atoms with Gasteiger partial charge in [0.1, 0.15) is 0 Å². The van der Waals surface area contributed by atoms with Crippen molar-refractivity contribution in [1.29, 1.82) is 0 Å². The second-order valence-electron chi connectivity index (χ2n) is 1.41. The van der Waals surface area contributed by atoms with Crippen molar-refractivity contribution in [1.82, 2.24) is 5.32 Å². The topological polar surface area (TPSA) is 38.0 Å². The molecule has 0 radical (unpaired) electrons. The molecule has 0 aliphatic heterocycles. The monoisotopic (exact) mass is 148 g/mol. The highest BCUT2D eigenvalue weighted by molar-refractivity contribution is 7.80. The van der Waals surface area contributed by atoms with Gasteiger partial charge in [0, 0.05) is 0 Å². The second kappa shape index (κ2) is 3.74. The molecule has 0 saturated heterocycles. The van der Waals surface area contributed by atoms with E-state index in [9.17, 15) is 0 Å². The first kappa shape index (κ1) is 7.78. The van der Waals surface area contributed by atoms with Crippen molar-refractivity contribution in [2.45, 2.75) is 13.0 Å². The van der Waals surface area contributed by atoms with Crippen molar-refractivity contribution in [2.24, 2.45) is 5.73 Å². The summed E-state index contributed by atoms with van der Waals surface area (Å²) in [6.07, 6.45) is 0. The summed E-state index contributed by atoms with van der Waals surface area (Å²) in [7, 11) is 0. The van der Waals surface area contributed by atoms with Gasteiger partial charge in [0.15, 0.2) is 0 Å². The molecule has 0 unspecified atom stereocenters. The van der Waals surface area contributed by atoms with Crippen LogP contribution < -0.4 is 11.1 Å². The predicted molar refractivity (Wildman–Crippen MR) is 43.0 cm³/mol. The highest BCUT2D eigenvalue weighted by atomic mass is 32.1. The van der Waals surface area contributed by atoms with E-state index in [0.717, 1.165) is 0 Å². The van der Waals surface area contributed by atoms with Crippen LogP contribution in [-0.2, 0) is 0 Å². The fourth-order valence-corrected chi connectivity index (χ4v) is 0.456. The number of nitrogens with one attached hydrogen (secondary N) is 1. The van der Waals surface area contributed by atoms with Crippen molar-refractivity contribution in [3.05, 3.63) is 0 Å². The maximum absolute atomic E-state index is 5.22. The highest BCUT2D eigenvalue weighted by Crippen LogP contribution is 1.77. The standard InChI is InChI=1S/C4H8N2S2/c1-3(4(5)8)6-2-7/h2-3H,1H3,(H2,5,8)(H,6,7)/t3-/m0/s1. The van der Waals surface area contributed by atoms with Crippen molar-refractivity contribution >= 4 is 34.9 Å². The van der Waals surface area contributed by atoms with Crippen molar-refractivity contribution in [3.63, 3.8) is 0 Å². The fraction of sp³-hybridized carbons (Fsp3) is 0.500. The number of hydrogen-bond donors (Lipinski definition) is 2. The lowest BCUT2D eigenvalue weighted by Crippen LogP contribution is -2.35. The van der Waals surface area contributed by atoms with Crippen molar-refractivity contribution < 1.29 is 0 Å². The molecule has 2 nitrogen and oxygen atoms in total. The molecule has 0 aromatic heterocycles. The summed E-state index contributed by atoms with van der Waals surface area (Å²) in [5, 5.41) is 2.77. The lowest BCUT2D eigenvalue weighted by atomic mass is 10.3. The van der Waals surface area contributed by atoms with Gasteiger partial charge < -0.3 is 11.1 Å². The Labute approximate surface area is 59.4 Å². The van der Waals surface area contributed by atoms with E-state index in [-0.39, 0.29) is 6.04 Å². The highest BCUT2D eigenvalue weighted by Gasteiger charge is 1.98. The molecule has 1 atom stereocenters. The second-order valence-corrected chi connectivity index (χ2v) is 2.12. The van der Waals surface area contributed by atoms with Gasteiger partial charge in [0.05, 0.1) is 16.5 Å². The largest absolute Gasteiger partial charge is 0.392 e. The van der Waals surface area contributed by atoms with Crippen LogP contribution in [0, 0.1) is 0 Å². The molecule has 0 aromatic carbocycles. The van der Waals surface area contributed by atoms with Crippen LogP contribution in [0.3, 0.4) is 0 Å². The predicted octanol–water partition coefficient (Wildman–Crippen LogP) is 0.208. The summed E-state index contributed by atoms with van der Waals surface area (Å²) in [6, 6.07) is 0.0162. The smallest absolute Gasteiger partial charge is 0.0950 e. The summed E-state index contributed by atoms with van der Waals surface area (Å²) >= 11 is 9.13. The third-order valence-electron chi connectivity index (χ3n) is 0.745. The minimum absolute atomic E-state index is 0.0162. The zero-order valence-corrected chi connectivity index (χ0v) is 6.18. The Bertz CT molecular complexity index is 102. The van der Waals surface area contributed by atoms with Crippen LogP contribution in [0.25, 0.3) is 0 Å². The molecule has 46 valence electrons. The molecule has 0 aromatic rings. The third kappa shape index (κ3) is 2.87. The SMILES string of the molecule is C[C@H](NC=S)C(N)=S. The van der Waals surface area contributed by atoms with E-state index >= 15 is 0 Å². The van der Waals surface area contributed by atoms with Crippen LogP contribution in [0.1, 0.15) is 6.92 Å². The average Bonchev–Trinajstić information content (AvgIpc) is 1.67. The molecule has 0 bridgehead atoms. The molecular formula is C4H8N2S2. The van der Waals surface area contributed by atoms with Crippen LogP contribution in [0.15, 0.2) is 0 Å². The first-order valence-electron chi connectivity index (χ1n) is 2.17. The number of thiocarbonyl (C=S) groups is 2. The number of rotatable bonds is 3. The molecule has 3 N–H and O–H groups in total. The van der Waals surface area contributed by atoms with Crippen LogP contribution >= 0.6 is 24.4 Å². The molecule has 0 saturated carbocycles. The maximum atomic E-state index is 5.22. The minimum atomic E-state index is 0.0162. The number of nitrogens with two attached hydrogens (primary N) is 1. The van der Waals surface area contributed by atoms with Gasteiger partial charge in [-0.3, -0.25) is 0 Å². The van der Waals surface area contributed by atoms with Crippen LogP contribution in [0.4, 0.5) is 0 Å². The van der Waals surface area contributed by atoms with Gasteiger partial charge in [-0.25, -0.2) is 0 Å². The molecule has 4 heteroatoms. The molecule has 0 spiro atoms. The Morgan fingerprint density at radius 3 is 2.50 bits per heavy atom. The molecule has 0 amide bonds. The molecule has 0 aliphatic rings. The Hall–Kier alpha value is -0.220. The van der Waals surface area contributed by atoms with Gasteiger partial charge in [-0.15, -0.1) is 0 Å². The van der Waals surface area contributed by atoms with Crippen molar-refractivity contribution in [3.8, 4) is 0 Å². The Balaban J connectivity index is 3.46. The molecule has 8 heavy (non-hydrogen) atoms. The van der Waals surface area contributed by atoms with Gasteiger partial charge in [-0.1, -0.05) is 24.4 Å². The van der Waals surface area contributed by atoms with Crippen LogP contribution in [-0.4, -0.2) is 16.5 Å². The first-order valence-corrected chi connectivity index (χ1v) is 3.05. The van der Waals surface area contributed by atoms with Gasteiger partial charge in [0.2, 0.25) is 0 Å². The summed E-state index contributed by atoms with van der Waals surface area (Å²) in [5.74, 6) is 0. The van der Waals surface area contributed by atoms with Crippen molar-refractivity contribution in [2.75, 3.05) is 0 Å². The maximum Gasteiger partial charge on any atom is 0.0950 e. The van der Waals surface area contributed by atoms with Gasteiger partial charge in [-0.2, -0.15) is 0 Å². The van der Waals surface area contributed by atoms with E-state index in [1.54, 1.807) is 0 Å². The number of hydrogen-bond acceptors (Lipinski definition) is 2. The zero-order chi connectivity index (χ0) is 6.57. The normalized spacial score (nSPS) is 12.1. The lowest BCUT2D eigenvalue weighted by molar-refractivity contribution is 0.872. The summed E-state index contributed by atoms with van der Waals surface area (Å²) in [5.41, 5.74) is 6.63. The molecular weight excluding hydrogens is 140 g/mol. The Morgan fingerprint density at radius 1 is 1.88 bits per heavy atom. The summed E-state index contributed by atoms with van der Waals surface area (Å²) < 4.78 is 0. The third-order valence-corrected chi connectivity index (χ3v) is 1.23.